The molecule has 0 aliphatic rings. The quantitative estimate of drug-likeness (QED) is 0.315. The van der Waals surface area contributed by atoms with E-state index in [2.05, 4.69) is 5.32 Å². The van der Waals surface area contributed by atoms with Crippen LogP contribution in [0.15, 0.2) is 83.8 Å². The van der Waals surface area contributed by atoms with E-state index in [1.165, 1.54) is 17.0 Å². The van der Waals surface area contributed by atoms with Gasteiger partial charge in [0.25, 0.3) is 10.0 Å². The van der Waals surface area contributed by atoms with E-state index in [1.807, 2.05) is 32.9 Å². The molecule has 0 heterocycles. The Labute approximate surface area is 236 Å². The van der Waals surface area contributed by atoms with Crippen molar-refractivity contribution in [1.82, 2.24) is 10.2 Å². The van der Waals surface area contributed by atoms with Gasteiger partial charge in [0.2, 0.25) is 11.8 Å². The lowest BCUT2D eigenvalue weighted by Crippen LogP contribution is -2.52. The van der Waals surface area contributed by atoms with Gasteiger partial charge in [-0.15, -0.1) is 0 Å². The molecule has 3 aromatic rings. The first-order valence-corrected chi connectivity index (χ1v) is 14.9. The number of hydrogen-bond donors (Lipinski definition) is 1. The van der Waals surface area contributed by atoms with E-state index in [0.29, 0.717) is 10.7 Å². The molecule has 2 atom stereocenters. The van der Waals surface area contributed by atoms with E-state index in [-0.39, 0.29) is 23.4 Å². The third-order valence-electron chi connectivity index (χ3n) is 6.68. The Kier molecular flexibility index (Phi) is 10.5. The average molecular weight is 570 g/mol. The average Bonchev–Trinajstić information content (AvgIpc) is 2.95. The van der Waals surface area contributed by atoms with Gasteiger partial charge in [0.05, 0.1) is 10.6 Å². The van der Waals surface area contributed by atoms with E-state index >= 15 is 0 Å². The summed E-state index contributed by atoms with van der Waals surface area (Å²) < 4.78 is 28.7. The van der Waals surface area contributed by atoms with Gasteiger partial charge in [0.15, 0.2) is 0 Å². The van der Waals surface area contributed by atoms with Crippen LogP contribution >= 0.6 is 11.6 Å². The zero-order valence-electron chi connectivity index (χ0n) is 22.8. The molecule has 0 aliphatic heterocycles. The Hall–Kier alpha value is -3.36. The maximum absolute atomic E-state index is 13.9. The summed E-state index contributed by atoms with van der Waals surface area (Å²) in [6, 6.07) is 21.2. The van der Waals surface area contributed by atoms with Gasteiger partial charge in [0, 0.05) is 17.6 Å². The number of sulfonamides is 1. The van der Waals surface area contributed by atoms with Crippen molar-refractivity contribution in [3.8, 4) is 0 Å². The lowest BCUT2D eigenvalue weighted by Gasteiger charge is -2.32. The minimum absolute atomic E-state index is 0.0699. The highest BCUT2D eigenvalue weighted by Gasteiger charge is 2.32. The minimum Gasteiger partial charge on any atom is -0.352 e. The summed E-state index contributed by atoms with van der Waals surface area (Å²) in [6.45, 7) is 7.15. The van der Waals surface area contributed by atoms with Crippen molar-refractivity contribution in [2.45, 2.75) is 64.1 Å². The number of nitrogens with one attached hydrogen (secondary N) is 1. The summed E-state index contributed by atoms with van der Waals surface area (Å²) in [5, 5.41) is 3.48. The Morgan fingerprint density at radius 3 is 2.03 bits per heavy atom. The van der Waals surface area contributed by atoms with Gasteiger partial charge in [-0.05, 0) is 74.2 Å². The first-order chi connectivity index (χ1) is 18.6. The van der Waals surface area contributed by atoms with Gasteiger partial charge in [0.1, 0.15) is 12.6 Å². The second-order valence-electron chi connectivity index (χ2n) is 9.49. The maximum atomic E-state index is 13.9. The molecule has 0 saturated carbocycles. The molecule has 0 radical (unpaired) electrons. The van der Waals surface area contributed by atoms with Gasteiger partial charge < -0.3 is 10.2 Å². The molecule has 0 aromatic heterocycles. The lowest BCUT2D eigenvalue weighted by molar-refractivity contribution is -0.139. The molecule has 7 nitrogen and oxygen atoms in total. The molecule has 3 aromatic carbocycles. The monoisotopic (exact) mass is 569 g/mol. The third-order valence-corrected chi connectivity index (χ3v) is 8.72. The molecule has 0 aliphatic carbocycles. The van der Waals surface area contributed by atoms with Gasteiger partial charge in [-0.2, -0.15) is 0 Å². The highest BCUT2D eigenvalue weighted by atomic mass is 35.5. The minimum atomic E-state index is -4.08. The number of rotatable bonds is 12. The van der Waals surface area contributed by atoms with E-state index in [1.54, 1.807) is 61.5 Å². The second kappa shape index (κ2) is 13.6. The molecule has 39 heavy (non-hydrogen) atoms. The SMILES string of the molecule is CCc1ccc(N(CC(=O)N(Cc2ccc(Cl)cc2)[C@@H](C)C(=O)N[C@@H](C)CC)S(=O)(=O)c2ccccc2)cc1. The highest BCUT2D eigenvalue weighted by molar-refractivity contribution is 7.92. The molecule has 0 unspecified atom stereocenters. The predicted molar refractivity (Wildman–Crippen MR) is 156 cm³/mol. The smallest absolute Gasteiger partial charge is 0.264 e. The first kappa shape index (κ1) is 30.2. The number of amides is 2. The van der Waals surface area contributed by atoms with Crippen LogP contribution in [0.5, 0.6) is 0 Å². The fraction of sp³-hybridized carbons (Fsp3) is 0.333. The molecular weight excluding hydrogens is 534 g/mol. The summed E-state index contributed by atoms with van der Waals surface area (Å²) >= 11 is 6.05. The molecule has 0 bridgehead atoms. The maximum Gasteiger partial charge on any atom is 0.264 e. The predicted octanol–water partition coefficient (Wildman–Crippen LogP) is 5.43. The highest BCUT2D eigenvalue weighted by Crippen LogP contribution is 2.25. The molecule has 0 spiro atoms. The number of carbonyl (C=O) groups is 2. The van der Waals surface area contributed by atoms with Gasteiger partial charge in [-0.1, -0.05) is 67.9 Å². The van der Waals surface area contributed by atoms with Crippen LogP contribution in [-0.4, -0.2) is 43.8 Å². The van der Waals surface area contributed by atoms with E-state index in [0.717, 1.165) is 28.3 Å². The van der Waals surface area contributed by atoms with Crippen molar-refractivity contribution < 1.29 is 18.0 Å². The summed E-state index contributed by atoms with van der Waals surface area (Å²) in [5.74, 6) is -0.813. The summed E-state index contributed by atoms with van der Waals surface area (Å²) in [5.41, 5.74) is 2.18. The summed E-state index contributed by atoms with van der Waals surface area (Å²) in [4.78, 5) is 28.5. The normalized spacial score (nSPS) is 12.8. The van der Waals surface area contributed by atoms with Crippen molar-refractivity contribution in [3.63, 3.8) is 0 Å². The molecule has 2 amide bonds. The fourth-order valence-corrected chi connectivity index (χ4v) is 5.54. The Morgan fingerprint density at radius 2 is 1.46 bits per heavy atom. The Balaban J connectivity index is 2.01. The van der Waals surface area contributed by atoms with Crippen molar-refractivity contribution in [2.24, 2.45) is 0 Å². The van der Waals surface area contributed by atoms with Crippen molar-refractivity contribution in [2.75, 3.05) is 10.8 Å². The van der Waals surface area contributed by atoms with Crippen LogP contribution in [0, 0.1) is 0 Å². The molecule has 0 saturated heterocycles. The standard InChI is InChI=1S/C30H36ClN3O4S/c1-5-22(3)32-30(36)23(4)33(20-25-12-16-26(31)17-13-25)29(35)21-34(27-18-14-24(6-2)15-19-27)39(37,38)28-10-8-7-9-11-28/h7-19,22-23H,5-6,20-21H2,1-4H3,(H,32,36)/t22-,23-/m0/s1. The molecular formula is C30H36ClN3O4S. The summed E-state index contributed by atoms with van der Waals surface area (Å²) in [7, 11) is -4.08. The molecule has 0 fully saturated rings. The van der Waals surface area contributed by atoms with E-state index < -0.39 is 28.5 Å². The number of carbonyl (C=O) groups excluding carboxylic acids is 2. The zero-order valence-corrected chi connectivity index (χ0v) is 24.4. The number of benzene rings is 3. The molecule has 208 valence electrons. The van der Waals surface area contributed by atoms with Gasteiger partial charge >= 0.3 is 0 Å². The van der Waals surface area contributed by atoms with E-state index in [4.69, 9.17) is 11.6 Å². The van der Waals surface area contributed by atoms with Crippen molar-refractivity contribution in [1.29, 1.82) is 0 Å². The number of aryl methyl sites for hydroxylation is 1. The lowest BCUT2D eigenvalue weighted by atomic mass is 10.1. The number of nitrogens with zero attached hydrogens (tertiary/aromatic N) is 2. The van der Waals surface area contributed by atoms with Gasteiger partial charge in [-0.25, -0.2) is 8.42 Å². The zero-order chi connectivity index (χ0) is 28.6. The van der Waals surface area contributed by atoms with E-state index in [9.17, 15) is 18.0 Å². The second-order valence-corrected chi connectivity index (χ2v) is 11.8. The largest absolute Gasteiger partial charge is 0.352 e. The molecule has 1 N–H and O–H groups in total. The first-order valence-electron chi connectivity index (χ1n) is 13.1. The Morgan fingerprint density at radius 1 is 0.872 bits per heavy atom. The van der Waals surface area contributed by atoms with Crippen LogP contribution in [0.4, 0.5) is 5.69 Å². The summed E-state index contributed by atoms with van der Waals surface area (Å²) in [6.07, 6.45) is 1.53. The molecule has 9 heteroatoms. The number of halogens is 1. The topological polar surface area (TPSA) is 86.8 Å². The third kappa shape index (κ3) is 7.83. The number of hydrogen-bond acceptors (Lipinski definition) is 4. The van der Waals surface area contributed by atoms with Crippen LogP contribution in [0.2, 0.25) is 5.02 Å². The van der Waals surface area contributed by atoms with Crippen molar-refractivity contribution >= 4 is 39.1 Å². The fourth-order valence-electron chi connectivity index (χ4n) is 3.98. The van der Waals surface area contributed by atoms with Crippen molar-refractivity contribution in [3.05, 3.63) is 95.0 Å². The van der Waals surface area contributed by atoms with Crippen LogP contribution < -0.4 is 9.62 Å². The van der Waals surface area contributed by atoms with Gasteiger partial charge in [-0.3, -0.25) is 13.9 Å². The van der Waals surface area contributed by atoms with Crippen LogP contribution in [0.1, 0.15) is 45.2 Å². The molecule has 3 rings (SSSR count). The van der Waals surface area contributed by atoms with Crippen LogP contribution in [0.3, 0.4) is 0 Å². The number of anilines is 1. The van der Waals surface area contributed by atoms with Crippen LogP contribution in [0.25, 0.3) is 0 Å². The Bertz CT molecular complexity index is 1350. The van der Waals surface area contributed by atoms with Crippen LogP contribution in [-0.2, 0) is 32.6 Å².